The van der Waals surface area contributed by atoms with Gasteiger partial charge in [0.15, 0.2) is 0 Å². The lowest BCUT2D eigenvalue weighted by Gasteiger charge is -2.33. The van der Waals surface area contributed by atoms with E-state index in [1.54, 1.807) is 0 Å². The number of nitrogens with one attached hydrogen (secondary N) is 1. The highest BCUT2D eigenvalue weighted by Crippen LogP contribution is 2.33. The van der Waals surface area contributed by atoms with E-state index < -0.39 is 0 Å². The minimum atomic E-state index is 0.0501. The predicted octanol–water partition coefficient (Wildman–Crippen LogP) is 3.38. The number of rotatable bonds is 8. The molecule has 0 aromatic heterocycles. The molecule has 1 rings (SSSR count). The van der Waals surface area contributed by atoms with Crippen LogP contribution >= 0.6 is 0 Å². The van der Waals surface area contributed by atoms with Gasteiger partial charge in [0.2, 0.25) is 0 Å². The first-order valence-corrected chi connectivity index (χ1v) is 7.80. The molecular formula is C16H33NO2. The van der Waals surface area contributed by atoms with Gasteiger partial charge in [0.1, 0.15) is 0 Å². The van der Waals surface area contributed by atoms with Gasteiger partial charge in [0.05, 0.1) is 18.8 Å². The summed E-state index contributed by atoms with van der Waals surface area (Å²) in [5, 5.41) is 3.60. The van der Waals surface area contributed by atoms with Crippen molar-refractivity contribution in [3.05, 3.63) is 0 Å². The Morgan fingerprint density at radius 1 is 1.11 bits per heavy atom. The van der Waals surface area contributed by atoms with Crippen molar-refractivity contribution in [2.45, 2.75) is 71.4 Å². The molecule has 0 unspecified atom stereocenters. The van der Waals surface area contributed by atoms with E-state index in [9.17, 15) is 0 Å². The first-order valence-electron chi connectivity index (χ1n) is 7.80. The van der Waals surface area contributed by atoms with E-state index in [2.05, 4.69) is 39.9 Å². The van der Waals surface area contributed by atoms with Crippen LogP contribution in [-0.2, 0) is 9.47 Å². The van der Waals surface area contributed by atoms with E-state index in [0.29, 0.717) is 5.92 Å². The van der Waals surface area contributed by atoms with Crippen LogP contribution in [0.3, 0.4) is 0 Å². The topological polar surface area (TPSA) is 30.5 Å². The Hall–Kier alpha value is -0.120. The Morgan fingerprint density at radius 2 is 1.74 bits per heavy atom. The lowest BCUT2D eigenvalue weighted by atomic mass is 9.99. The lowest BCUT2D eigenvalue weighted by Crippen LogP contribution is -2.48. The van der Waals surface area contributed by atoms with E-state index in [-0.39, 0.29) is 11.1 Å². The van der Waals surface area contributed by atoms with Crippen molar-refractivity contribution in [3.8, 4) is 0 Å². The van der Waals surface area contributed by atoms with Crippen molar-refractivity contribution < 1.29 is 9.47 Å². The molecule has 0 aromatic rings. The molecule has 0 spiro atoms. The molecule has 0 atom stereocenters. The molecular weight excluding hydrogens is 238 g/mol. The van der Waals surface area contributed by atoms with Gasteiger partial charge in [-0.05, 0) is 39.5 Å². The smallest absolute Gasteiger partial charge is 0.0807 e. The average molecular weight is 271 g/mol. The normalized spacial score (nSPS) is 19.3. The molecule has 0 aliphatic heterocycles. The molecule has 1 aliphatic carbocycles. The van der Waals surface area contributed by atoms with Crippen molar-refractivity contribution in [1.82, 2.24) is 5.32 Å². The van der Waals surface area contributed by atoms with Crippen LogP contribution in [0.25, 0.3) is 0 Å². The second-order valence-electron chi connectivity index (χ2n) is 7.31. The van der Waals surface area contributed by atoms with Gasteiger partial charge in [-0.2, -0.15) is 0 Å². The largest absolute Gasteiger partial charge is 0.379 e. The first-order chi connectivity index (χ1) is 8.83. The third-order valence-corrected chi connectivity index (χ3v) is 3.54. The summed E-state index contributed by atoms with van der Waals surface area (Å²) in [7, 11) is 0. The molecule has 3 heteroatoms. The molecule has 1 fully saturated rings. The highest BCUT2D eigenvalue weighted by Gasteiger charge is 2.35. The van der Waals surface area contributed by atoms with Crippen molar-refractivity contribution in [2.75, 3.05) is 26.4 Å². The standard InChI is InChI=1S/C16H33NO2/c1-14(2)12-18-10-11-19-16(8-6-7-9-16)13-17-15(3,4)5/h14,17H,6-13H2,1-5H3. The summed E-state index contributed by atoms with van der Waals surface area (Å²) in [6.07, 6.45) is 4.94. The molecule has 1 aliphatic rings. The minimum absolute atomic E-state index is 0.0501. The Labute approximate surface area is 119 Å². The molecule has 0 radical (unpaired) electrons. The Balaban J connectivity index is 2.27. The molecule has 0 aromatic carbocycles. The quantitative estimate of drug-likeness (QED) is 0.687. The Kier molecular flexibility index (Phi) is 6.78. The van der Waals surface area contributed by atoms with Crippen molar-refractivity contribution in [2.24, 2.45) is 5.92 Å². The third-order valence-electron chi connectivity index (χ3n) is 3.54. The van der Waals surface area contributed by atoms with Gasteiger partial charge in [0.25, 0.3) is 0 Å². The van der Waals surface area contributed by atoms with Crippen LogP contribution in [0.4, 0.5) is 0 Å². The van der Waals surface area contributed by atoms with E-state index >= 15 is 0 Å². The highest BCUT2D eigenvalue weighted by atomic mass is 16.5. The zero-order valence-electron chi connectivity index (χ0n) is 13.6. The highest BCUT2D eigenvalue weighted by molar-refractivity contribution is 4.90. The maximum atomic E-state index is 6.18. The molecule has 0 saturated heterocycles. The summed E-state index contributed by atoms with van der Waals surface area (Å²) in [4.78, 5) is 0. The number of hydrogen-bond acceptors (Lipinski definition) is 3. The van der Waals surface area contributed by atoms with E-state index in [1.165, 1.54) is 25.7 Å². The summed E-state index contributed by atoms with van der Waals surface area (Å²) < 4.78 is 11.8. The van der Waals surface area contributed by atoms with Crippen LogP contribution < -0.4 is 5.32 Å². The predicted molar refractivity (Wildman–Crippen MR) is 80.6 cm³/mol. The number of hydrogen-bond donors (Lipinski definition) is 1. The molecule has 114 valence electrons. The van der Waals surface area contributed by atoms with Crippen LogP contribution in [0.5, 0.6) is 0 Å². The third kappa shape index (κ3) is 7.28. The molecule has 19 heavy (non-hydrogen) atoms. The van der Waals surface area contributed by atoms with Gasteiger partial charge < -0.3 is 14.8 Å². The van der Waals surface area contributed by atoms with Crippen LogP contribution in [-0.4, -0.2) is 37.5 Å². The van der Waals surface area contributed by atoms with E-state index in [4.69, 9.17) is 9.47 Å². The van der Waals surface area contributed by atoms with Crippen LogP contribution in [0.1, 0.15) is 60.3 Å². The first kappa shape index (κ1) is 16.9. The Bertz CT molecular complexity index is 240. The van der Waals surface area contributed by atoms with Crippen molar-refractivity contribution in [1.29, 1.82) is 0 Å². The summed E-state index contributed by atoms with van der Waals surface area (Å²) in [5.74, 6) is 0.600. The van der Waals surface area contributed by atoms with Gasteiger partial charge in [-0.25, -0.2) is 0 Å². The minimum Gasteiger partial charge on any atom is -0.379 e. The van der Waals surface area contributed by atoms with E-state index in [1.807, 2.05) is 0 Å². The average Bonchev–Trinajstić information content (AvgIpc) is 2.74. The second-order valence-corrected chi connectivity index (χ2v) is 7.31. The monoisotopic (exact) mass is 271 g/mol. The van der Waals surface area contributed by atoms with Crippen LogP contribution in [0.2, 0.25) is 0 Å². The lowest BCUT2D eigenvalue weighted by molar-refractivity contribution is -0.0670. The van der Waals surface area contributed by atoms with Gasteiger partial charge in [0, 0.05) is 18.7 Å². The van der Waals surface area contributed by atoms with E-state index in [0.717, 1.165) is 26.4 Å². The molecule has 0 bridgehead atoms. The fourth-order valence-corrected chi connectivity index (χ4v) is 2.45. The second kappa shape index (κ2) is 7.61. The van der Waals surface area contributed by atoms with Gasteiger partial charge in [-0.15, -0.1) is 0 Å². The summed E-state index contributed by atoms with van der Waals surface area (Å²) in [6.45, 7) is 14.2. The van der Waals surface area contributed by atoms with Gasteiger partial charge in [-0.1, -0.05) is 26.7 Å². The maximum Gasteiger partial charge on any atom is 0.0807 e. The SMILES string of the molecule is CC(C)COCCOC1(CNC(C)(C)C)CCCC1. The fraction of sp³-hybridized carbons (Fsp3) is 1.00. The fourth-order valence-electron chi connectivity index (χ4n) is 2.45. The summed E-state index contributed by atoms with van der Waals surface area (Å²) in [6, 6.07) is 0. The molecule has 1 N–H and O–H groups in total. The van der Waals surface area contributed by atoms with Crippen LogP contribution in [0.15, 0.2) is 0 Å². The van der Waals surface area contributed by atoms with Crippen LogP contribution in [0, 0.1) is 5.92 Å². The molecule has 0 amide bonds. The van der Waals surface area contributed by atoms with Crippen molar-refractivity contribution >= 4 is 0 Å². The van der Waals surface area contributed by atoms with Gasteiger partial charge >= 0.3 is 0 Å². The maximum absolute atomic E-state index is 6.18. The molecule has 0 heterocycles. The Morgan fingerprint density at radius 3 is 2.26 bits per heavy atom. The zero-order chi connectivity index (χ0) is 14.4. The molecule has 1 saturated carbocycles. The van der Waals surface area contributed by atoms with Gasteiger partial charge in [-0.3, -0.25) is 0 Å². The summed E-state index contributed by atoms with van der Waals surface area (Å²) in [5.41, 5.74) is 0.210. The number of ether oxygens (including phenoxy) is 2. The summed E-state index contributed by atoms with van der Waals surface area (Å²) >= 11 is 0. The van der Waals surface area contributed by atoms with Crippen molar-refractivity contribution in [3.63, 3.8) is 0 Å². The zero-order valence-corrected chi connectivity index (χ0v) is 13.6. The molecule has 3 nitrogen and oxygen atoms in total.